The minimum Gasteiger partial charge on any atom is -0.477 e. The van der Waals surface area contributed by atoms with Crippen molar-refractivity contribution < 1.29 is 50.5 Å². The number of H-pyrrole nitrogens is 1. The molecule has 43 heavy (non-hydrogen) atoms. The van der Waals surface area contributed by atoms with Gasteiger partial charge in [0.2, 0.25) is 0 Å². The second kappa shape index (κ2) is 11.4. The summed E-state index contributed by atoms with van der Waals surface area (Å²) in [6.07, 6.45) is 5.98. The Kier molecular flexibility index (Phi) is 8.13. The van der Waals surface area contributed by atoms with Crippen LogP contribution < -0.4 is 10.6 Å². The third-order valence-corrected chi connectivity index (χ3v) is 7.48. The predicted octanol–water partition coefficient (Wildman–Crippen LogP) is 1.34. The number of carbonyl (C=O) groups is 3. The molecular weight excluding hydrogens is 612 g/mol. The molecular formula is C25H18N4O12S2. The monoisotopic (exact) mass is 630 g/mol. The maximum atomic E-state index is 12.9. The van der Waals surface area contributed by atoms with E-state index in [0.717, 1.165) is 58.2 Å². The molecule has 18 heteroatoms. The number of amides is 1. The number of carbonyl (C=O) groups excluding carboxylic acids is 1. The Labute approximate surface area is 241 Å². The zero-order valence-electron chi connectivity index (χ0n) is 21.2. The largest absolute Gasteiger partial charge is 0.477 e. The molecule has 2 heterocycles. The van der Waals surface area contributed by atoms with E-state index in [-0.39, 0.29) is 22.5 Å². The van der Waals surface area contributed by atoms with Gasteiger partial charge in [0.25, 0.3) is 31.7 Å². The number of aromatic nitrogens is 2. The molecule has 1 aromatic heterocycles. The molecule has 222 valence electrons. The van der Waals surface area contributed by atoms with Crippen molar-refractivity contribution in [2.75, 3.05) is 5.01 Å². The van der Waals surface area contributed by atoms with E-state index >= 15 is 0 Å². The number of carboxylic acid groups (broad SMARTS) is 2. The number of hydrogen-bond acceptors (Lipinski definition) is 9. The van der Waals surface area contributed by atoms with E-state index in [1.54, 1.807) is 0 Å². The van der Waals surface area contributed by atoms with Gasteiger partial charge in [-0.2, -0.15) is 26.9 Å². The smallest absolute Gasteiger partial charge is 0.357 e. The molecule has 0 atom stereocenters. The van der Waals surface area contributed by atoms with Gasteiger partial charge in [-0.05, 0) is 60.7 Å². The molecule has 0 spiro atoms. The van der Waals surface area contributed by atoms with Crippen LogP contribution in [0.1, 0.15) is 16.1 Å². The second-order valence-corrected chi connectivity index (χ2v) is 11.3. The summed E-state index contributed by atoms with van der Waals surface area (Å²) in [5.41, 5.74) is -2.51. The number of aromatic amines is 1. The van der Waals surface area contributed by atoms with Crippen LogP contribution in [-0.2, 0) is 29.8 Å². The molecule has 1 aliphatic heterocycles. The lowest BCUT2D eigenvalue weighted by Crippen LogP contribution is -2.22. The van der Waals surface area contributed by atoms with Crippen LogP contribution in [-0.4, -0.2) is 69.5 Å². The Morgan fingerprint density at radius 1 is 0.767 bits per heavy atom. The van der Waals surface area contributed by atoms with Crippen LogP contribution in [0.3, 0.4) is 0 Å². The van der Waals surface area contributed by atoms with Crippen LogP contribution in [0.2, 0.25) is 0 Å². The molecule has 0 fully saturated rings. The fourth-order valence-corrected chi connectivity index (χ4v) is 4.70. The number of hydrazone groups is 1. The molecule has 0 saturated carbocycles. The first-order valence-corrected chi connectivity index (χ1v) is 14.4. The van der Waals surface area contributed by atoms with Crippen LogP contribution in [0, 0.1) is 0 Å². The molecule has 16 nitrogen and oxygen atoms in total. The highest BCUT2D eigenvalue weighted by atomic mass is 32.2. The first-order chi connectivity index (χ1) is 20.1. The number of carboxylic acids is 2. The maximum Gasteiger partial charge on any atom is 0.357 e. The number of nitrogens with zero attached hydrogens (tertiary/aromatic N) is 3. The summed E-state index contributed by atoms with van der Waals surface area (Å²) in [7, 11) is -9.00. The van der Waals surface area contributed by atoms with E-state index in [2.05, 4.69) is 10.2 Å². The summed E-state index contributed by atoms with van der Waals surface area (Å²) in [5, 5.41) is 25.9. The van der Waals surface area contributed by atoms with Crippen LogP contribution in [0.4, 0.5) is 5.69 Å². The summed E-state index contributed by atoms with van der Waals surface area (Å²) in [6.45, 7) is 0. The van der Waals surface area contributed by atoms with Gasteiger partial charge in [-0.25, -0.2) is 14.3 Å². The van der Waals surface area contributed by atoms with Crippen molar-refractivity contribution in [2.45, 2.75) is 9.79 Å². The number of aromatic carboxylic acids is 1. The predicted molar refractivity (Wildman–Crippen MR) is 148 cm³/mol. The normalized spacial score (nSPS) is 15.1. The molecule has 0 radical (unpaired) electrons. The Hall–Kier alpha value is -5.43. The first kappa shape index (κ1) is 30.5. The number of anilines is 1. The van der Waals surface area contributed by atoms with E-state index in [1.807, 2.05) is 0 Å². The molecule has 2 aromatic carbocycles. The van der Waals surface area contributed by atoms with Gasteiger partial charge in [0.1, 0.15) is 0 Å². The number of rotatable bonds is 9. The molecule has 4 rings (SSSR count). The zero-order chi connectivity index (χ0) is 31.7. The molecule has 0 unspecified atom stereocenters. The fourth-order valence-electron chi connectivity index (χ4n) is 3.74. The third kappa shape index (κ3) is 6.41. The number of allylic oxidation sites excluding steroid dienone is 4. The number of benzene rings is 2. The lowest BCUT2D eigenvalue weighted by molar-refractivity contribution is -0.129. The van der Waals surface area contributed by atoms with Crippen molar-refractivity contribution >= 4 is 55.6 Å². The Morgan fingerprint density at radius 3 is 1.79 bits per heavy atom. The minimum atomic E-state index is -4.50. The Bertz CT molecular complexity index is 2050. The average Bonchev–Trinajstić information content (AvgIpc) is 3.44. The molecule has 1 aliphatic rings. The van der Waals surface area contributed by atoms with E-state index < -0.39 is 64.8 Å². The van der Waals surface area contributed by atoms with Crippen molar-refractivity contribution in [3.05, 3.63) is 100 Å². The van der Waals surface area contributed by atoms with Crippen LogP contribution in [0.15, 0.2) is 98.1 Å². The lowest BCUT2D eigenvalue weighted by atomic mass is 10.1. The van der Waals surface area contributed by atoms with Crippen molar-refractivity contribution in [2.24, 2.45) is 5.10 Å². The van der Waals surface area contributed by atoms with Gasteiger partial charge in [0.05, 0.1) is 32.3 Å². The molecule has 0 aliphatic carbocycles. The van der Waals surface area contributed by atoms with Crippen molar-refractivity contribution in [3.63, 3.8) is 0 Å². The fraction of sp³-hybridized carbons (Fsp3) is 0. The summed E-state index contributed by atoms with van der Waals surface area (Å²) < 4.78 is 64.0. The van der Waals surface area contributed by atoms with Crippen molar-refractivity contribution in [1.29, 1.82) is 0 Å². The molecule has 0 bridgehead atoms. The highest BCUT2D eigenvalue weighted by molar-refractivity contribution is 7.86. The quantitative estimate of drug-likeness (QED) is 0.128. The SMILES string of the molecule is O=C(O)C1=NN(c2ccc(S(=O)(=O)O)cc2)C(=O)/C1=C/C=C/C=C/c1c(C(=O)O)[nH]n(-c2ccc(S(=O)(=O)O)cc2)c1=O. The summed E-state index contributed by atoms with van der Waals surface area (Å²) in [4.78, 5) is 48.3. The second-order valence-electron chi connectivity index (χ2n) is 8.48. The van der Waals surface area contributed by atoms with Crippen molar-refractivity contribution in [1.82, 2.24) is 9.78 Å². The van der Waals surface area contributed by atoms with Crippen LogP contribution in [0.25, 0.3) is 11.8 Å². The average molecular weight is 631 g/mol. The Morgan fingerprint density at radius 2 is 1.30 bits per heavy atom. The zero-order valence-corrected chi connectivity index (χ0v) is 22.9. The first-order valence-electron chi connectivity index (χ1n) is 11.5. The highest BCUT2D eigenvalue weighted by Crippen LogP contribution is 2.25. The van der Waals surface area contributed by atoms with Crippen LogP contribution in [0.5, 0.6) is 0 Å². The van der Waals surface area contributed by atoms with Gasteiger partial charge in [0.15, 0.2) is 11.4 Å². The Balaban J connectivity index is 1.59. The van der Waals surface area contributed by atoms with Gasteiger partial charge in [0, 0.05) is 0 Å². The van der Waals surface area contributed by atoms with E-state index in [4.69, 9.17) is 9.11 Å². The maximum absolute atomic E-state index is 12.9. The lowest BCUT2D eigenvalue weighted by Gasteiger charge is -2.11. The molecule has 3 aromatic rings. The van der Waals surface area contributed by atoms with E-state index in [1.165, 1.54) is 30.4 Å². The van der Waals surface area contributed by atoms with Crippen molar-refractivity contribution in [3.8, 4) is 5.69 Å². The highest BCUT2D eigenvalue weighted by Gasteiger charge is 2.34. The summed E-state index contributed by atoms with van der Waals surface area (Å²) in [5.74, 6) is -3.89. The molecule has 5 N–H and O–H groups in total. The van der Waals surface area contributed by atoms with E-state index in [0.29, 0.717) is 0 Å². The summed E-state index contributed by atoms with van der Waals surface area (Å²) in [6, 6.07) is 8.62. The number of hydrogen-bond donors (Lipinski definition) is 5. The summed E-state index contributed by atoms with van der Waals surface area (Å²) >= 11 is 0. The van der Waals surface area contributed by atoms with Gasteiger partial charge in [-0.15, -0.1) is 0 Å². The van der Waals surface area contributed by atoms with Gasteiger partial charge >= 0.3 is 11.9 Å². The van der Waals surface area contributed by atoms with Gasteiger partial charge < -0.3 is 10.2 Å². The third-order valence-electron chi connectivity index (χ3n) is 5.74. The van der Waals surface area contributed by atoms with Gasteiger partial charge in [-0.1, -0.05) is 18.2 Å². The standard InChI is InChI=1S/C25H18N4O12S2/c30-22-18(20(24(32)33)26-28(22)14-6-10-16(11-7-14)42(36,37)38)4-2-1-3-5-19-21(25(34)35)27-29(23(19)31)15-8-12-17(13-9-15)43(39,40)41/h1-13,26H,(H,32,33)(H,34,35)(H,36,37,38)(H,39,40,41)/b3-1+,4-2+,19-5+. The van der Waals surface area contributed by atoms with E-state index in [9.17, 15) is 46.2 Å². The molecule has 0 saturated heterocycles. The number of aliphatic carboxylic acids is 1. The van der Waals surface area contributed by atoms with Gasteiger partial charge in [-0.3, -0.25) is 23.8 Å². The number of nitrogens with one attached hydrogen (secondary N) is 1. The topological polar surface area (TPSA) is 254 Å². The van der Waals surface area contributed by atoms with Crippen LogP contribution >= 0.6 is 0 Å². The molecule has 1 amide bonds. The minimum absolute atomic E-state index is 0.0148.